The van der Waals surface area contributed by atoms with Gasteiger partial charge in [-0.2, -0.15) is 11.8 Å². The van der Waals surface area contributed by atoms with Crippen LogP contribution in [0.1, 0.15) is 36.0 Å². The van der Waals surface area contributed by atoms with Gasteiger partial charge in [-0.3, -0.25) is 0 Å². The number of halogens is 1. The van der Waals surface area contributed by atoms with E-state index in [0.717, 1.165) is 19.3 Å². The number of nitrogen functional groups attached to an aromatic ring is 1. The summed E-state index contributed by atoms with van der Waals surface area (Å²) < 4.78 is 18.7. The molecule has 1 aliphatic carbocycles. The maximum atomic E-state index is 14.0. The number of ether oxygens (including phenoxy) is 1. The largest absolute Gasteiger partial charge is 0.465 e. The third-order valence-electron chi connectivity index (χ3n) is 3.86. The second-order valence-corrected chi connectivity index (χ2v) is 6.41. The van der Waals surface area contributed by atoms with E-state index in [2.05, 4.69) is 16.3 Å². The molecule has 1 aromatic carbocycles. The maximum absolute atomic E-state index is 14.0. The molecule has 2 rings (SSSR count). The van der Waals surface area contributed by atoms with Crippen molar-refractivity contribution in [1.29, 1.82) is 0 Å². The first-order valence-corrected chi connectivity index (χ1v) is 8.30. The van der Waals surface area contributed by atoms with Crippen LogP contribution in [0.25, 0.3) is 0 Å². The Morgan fingerprint density at radius 1 is 1.48 bits per heavy atom. The quantitative estimate of drug-likeness (QED) is 0.660. The first-order valence-electron chi connectivity index (χ1n) is 7.01. The number of hydrogen-bond acceptors (Lipinski definition) is 5. The SMILES string of the molecule is COC(=O)c1cc(NC2CCCC(SC)C2)c(F)cc1N. The van der Waals surface area contributed by atoms with Gasteiger partial charge in [-0.1, -0.05) is 6.42 Å². The fourth-order valence-corrected chi connectivity index (χ4v) is 3.52. The molecule has 0 aliphatic heterocycles. The van der Waals surface area contributed by atoms with E-state index in [-0.39, 0.29) is 17.3 Å². The van der Waals surface area contributed by atoms with E-state index >= 15 is 0 Å². The van der Waals surface area contributed by atoms with Crippen LogP contribution in [0.3, 0.4) is 0 Å². The van der Waals surface area contributed by atoms with Gasteiger partial charge in [-0.25, -0.2) is 9.18 Å². The van der Waals surface area contributed by atoms with Crippen LogP contribution >= 0.6 is 11.8 Å². The summed E-state index contributed by atoms with van der Waals surface area (Å²) in [5, 5.41) is 3.81. The second kappa shape index (κ2) is 7.02. The zero-order valence-electron chi connectivity index (χ0n) is 12.3. The normalized spacial score (nSPS) is 21.9. The van der Waals surface area contributed by atoms with Crippen LogP contribution in [0, 0.1) is 5.82 Å². The summed E-state index contributed by atoms with van der Waals surface area (Å²) in [4.78, 5) is 11.6. The highest BCUT2D eigenvalue weighted by atomic mass is 32.2. The number of benzene rings is 1. The minimum absolute atomic E-state index is 0.0931. The highest BCUT2D eigenvalue weighted by molar-refractivity contribution is 7.99. The number of nitrogens with two attached hydrogens (primary N) is 1. The Morgan fingerprint density at radius 2 is 2.24 bits per heavy atom. The second-order valence-electron chi connectivity index (χ2n) is 5.28. The number of esters is 1. The van der Waals surface area contributed by atoms with Crippen molar-refractivity contribution in [3.8, 4) is 0 Å². The van der Waals surface area contributed by atoms with Crippen LogP contribution in [0.2, 0.25) is 0 Å². The van der Waals surface area contributed by atoms with Crippen molar-refractivity contribution < 1.29 is 13.9 Å². The molecule has 4 nitrogen and oxygen atoms in total. The van der Waals surface area contributed by atoms with Crippen molar-refractivity contribution in [2.75, 3.05) is 24.4 Å². The molecule has 0 radical (unpaired) electrons. The summed E-state index contributed by atoms with van der Waals surface area (Å²) in [7, 11) is 1.28. The number of thioether (sulfide) groups is 1. The van der Waals surface area contributed by atoms with E-state index in [0.29, 0.717) is 10.9 Å². The molecule has 2 atom stereocenters. The molecule has 0 aromatic heterocycles. The third kappa shape index (κ3) is 3.81. The minimum atomic E-state index is -0.554. The van der Waals surface area contributed by atoms with E-state index in [4.69, 9.17) is 5.73 Å². The monoisotopic (exact) mass is 312 g/mol. The average Bonchev–Trinajstić information content (AvgIpc) is 2.49. The number of hydrogen-bond donors (Lipinski definition) is 2. The smallest absolute Gasteiger partial charge is 0.340 e. The Hall–Kier alpha value is -1.43. The first kappa shape index (κ1) is 15.9. The van der Waals surface area contributed by atoms with Crippen molar-refractivity contribution in [2.24, 2.45) is 0 Å². The number of nitrogens with one attached hydrogen (secondary N) is 1. The number of rotatable bonds is 4. The molecule has 0 amide bonds. The minimum Gasteiger partial charge on any atom is -0.465 e. The highest BCUT2D eigenvalue weighted by Gasteiger charge is 2.23. The lowest BCUT2D eigenvalue weighted by Gasteiger charge is -2.29. The number of carbonyl (C=O) groups is 1. The van der Waals surface area contributed by atoms with E-state index in [1.54, 1.807) is 0 Å². The molecule has 1 fully saturated rings. The summed E-state index contributed by atoms with van der Waals surface area (Å²) in [5.74, 6) is -0.993. The lowest BCUT2D eigenvalue weighted by molar-refractivity contribution is 0.0602. The molecule has 116 valence electrons. The first-order chi connectivity index (χ1) is 10.0. The van der Waals surface area contributed by atoms with Crippen LogP contribution in [0.5, 0.6) is 0 Å². The van der Waals surface area contributed by atoms with Crippen molar-refractivity contribution in [3.63, 3.8) is 0 Å². The van der Waals surface area contributed by atoms with Gasteiger partial charge in [0.1, 0.15) is 5.82 Å². The molecular weight excluding hydrogens is 291 g/mol. The molecule has 1 aliphatic rings. The molecule has 6 heteroatoms. The van der Waals surface area contributed by atoms with Crippen LogP contribution in [0.15, 0.2) is 12.1 Å². The molecule has 0 spiro atoms. The molecular formula is C15H21FN2O2S. The predicted octanol–water partition coefficient (Wildman–Crippen LogP) is 3.28. The standard InChI is InChI=1S/C15H21FN2O2S/c1-20-15(19)11-7-14(12(16)8-13(11)17)18-9-4-3-5-10(6-9)21-2/h7-10,18H,3-6,17H2,1-2H3. The number of anilines is 2. The third-order valence-corrected chi connectivity index (χ3v) is 4.96. The number of methoxy groups -OCH3 is 1. The van der Waals surface area contributed by atoms with Gasteiger partial charge in [0.25, 0.3) is 0 Å². The van der Waals surface area contributed by atoms with Crippen molar-refractivity contribution in [1.82, 2.24) is 0 Å². The Labute approximate surface area is 128 Å². The van der Waals surface area contributed by atoms with Crippen molar-refractivity contribution in [2.45, 2.75) is 37.0 Å². The predicted molar refractivity (Wildman–Crippen MR) is 85.3 cm³/mol. The summed E-state index contributed by atoms with van der Waals surface area (Å²) >= 11 is 1.85. The topological polar surface area (TPSA) is 64.3 Å². The van der Waals surface area contributed by atoms with E-state index in [9.17, 15) is 9.18 Å². The number of carbonyl (C=O) groups excluding carboxylic acids is 1. The Kier molecular flexibility index (Phi) is 5.33. The molecule has 0 bridgehead atoms. The summed E-state index contributed by atoms with van der Waals surface area (Å²) in [6.45, 7) is 0. The van der Waals surface area contributed by atoms with Crippen LogP contribution in [0.4, 0.5) is 15.8 Å². The molecule has 2 unspecified atom stereocenters. The fourth-order valence-electron chi connectivity index (χ4n) is 2.70. The van der Waals surface area contributed by atoms with Gasteiger partial charge in [-0.05, 0) is 37.7 Å². The van der Waals surface area contributed by atoms with E-state index in [1.165, 1.54) is 25.7 Å². The van der Waals surface area contributed by atoms with Crippen molar-refractivity contribution >= 4 is 29.1 Å². The maximum Gasteiger partial charge on any atom is 0.340 e. The van der Waals surface area contributed by atoms with Crippen LogP contribution < -0.4 is 11.1 Å². The van der Waals surface area contributed by atoms with Crippen LogP contribution in [-0.4, -0.2) is 30.6 Å². The van der Waals surface area contributed by atoms with E-state index in [1.807, 2.05) is 11.8 Å². The summed E-state index contributed by atoms with van der Waals surface area (Å²) in [5.41, 5.74) is 6.27. The average molecular weight is 312 g/mol. The lowest BCUT2D eigenvalue weighted by Crippen LogP contribution is -2.29. The summed E-state index contributed by atoms with van der Waals surface area (Å²) in [6, 6.07) is 2.84. The molecule has 3 N–H and O–H groups in total. The van der Waals surface area contributed by atoms with Gasteiger partial charge < -0.3 is 15.8 Å². The molecule has 0 saturated heterocycles. The van der Waals surface area contributed by atoms with E-state index < -0.39 is 11.8 Å². The molecule has 1 aromatic rings. The highest BCUT2D eigenvalue weighted by Crippen LogP contribution is 2.30. The van der Waals surface area contributed by atoms with Gasteiger partial charge in [0.2, 0.25) is 0 Å². The van der Waals surface area contributed by atoms with Gasteiger partial charge in [0.15, 0.2) is 0 Å². The van der Waals surface area contributed by atoms with Crippen molar-refractivity contribution in [3.05, 3.63) is 23.5 Å². The fraction of sp³-hybridized carbons (Fsp3) is 0.533. The molecule has 21 heavy (non-hydrogen) atoms. The van der Waals surface area contributed by atoms with Gasteiger partial charge in [0.05, 0.1) is 18.4 Å². The zero-order valence-corrected chi connectivity index (χ0v) is 13.1. The Balaban J connectivity index is 2.17. The Bertz CT molecular complexity index is 525. The van der Waals surface area contributed by atoms with Gasteiger partial charge >= 0.3 is 5.97 Å². The molecule has 0 heterocycles. The van der Waals surface area contributed by atoms with Gasteiger partial charge in [0, 0.05) is 17.0 Å². The lowest BCUT2D eigenvalue weighted by atomic mass is 9.94. The zero-order chi connectivity index (χ0) is 15.4. The molecule has 1 saturated carbocycles. The Morgan fingerprint density at radius 3 is 2.90 bits per heavy atom. The van der Waals surface area contributed by atoms with Gasteiger partial charge in [-0.15, -0.1) is 0 Å². The summed E-state index contributed by atoms with van der Waals surface area (Å²) in [6.07, 6.45) is 6.44. The van der Waals surface area contributed by atoms with Crippen LogP contribution in [-0.2, 0) is 4.74 Å².